The van der Waals surface area contributed by atoms with Gasteiger partial charge < -0.3 is 9.73 Å². The average Bonchev–Trinajstić information content (AvgIpc) is 3.18. The molecule has 0 radical (unpaired) electrons. The molecule has 0 atom stereocenters. The Hall–Kier alpha value is -2.63. The van der Waals surface area contributed by atoms with E-state index in [-0.39, 0.29) is 12.5 Å². The highest BCUT2D eigenvalue weighted by atomic mass is 16.3. The van der Waals surface area contributed by atoms with E-state index >= 15 is 0 Å². The number of nitrogens with zero attached hydrogens (tertiary/aromatic N) is 3. The molecule has 0 aliphatic carbocycles. The van der Waals surface area contributed by atoms with Gasteiger partial charge in [-0.25, -0.2) is 4.98 Å². The smallest absolute Gasteiger partial charge is 0.255 e. The lowest BCUT2D eigenvalue weighted by molar-refractivity contribution is 0.0946. The molecule has 3 rings (SSSR count). The minimum Gasteiger partial charge on any atom is -0.439 e. The minimum absolute atomic E-state index is 0.160. The molecule has 0 saturated carbocycles. The summed E-state index contributed by atoms with van der Waals surface area (Å²) in [5.41, 5.74) is 3.00. The number of hydrogen-bond acceptors (Lipinski definition) is 4. The molecular formula is C18H22N4O2. The molecule has 1 aromatic carbocycles. The predicted octanol–water partition coefficient (Wildman–Crippen LogP) is 3.62. The van der Waals surface area contributed by atoms with Crippen LogP contribution in [-0.4, -0.2) is 20.7 Å². The molecule has 2 aromatic heterocycles. The van der Waals surface area contributed by atoms with Gasteiger partial charge in [0, 0.05) is 5.69 Å². The first kappa shape index (κ1) is 16.2. The number of para-hydroxylation sites is 2. The van der Waals surface area contributed by atoms with Crippen molar-refractivity contribution in [2.24, 2.45) is 0 Å². The van der Waals surface area contributed by atoms with Crippen LogP contribution in [0.2, 0.25) is 0 Å². The van der Waals surface area contributed by atoms with Crippen LogP contribution in [0.5, 0.6) is 0 Å². The maximum absolute atomic E-state index is 12.4. The van der Waals surface area contributed by atoms with E-state index in [1.165, 1.54) is 0 Å². The first-order valence-electron chi connectivity index (χ1n) is 8.30. The lowest BCUT2D eigenvalue weighted by atomic mass is 10.1. The lowest BCUT2D eigenvalue weighted by Gasteiger charge is -2.15. The number of rotatable bonds is 6. The molecule has 6 heteroatoms. The van der Waals surface area contributed by atoms with Crippen LogP contribution < -0.4 is 5.32 Å². The second-order valence-corrected chi connectivity index (χ2v) is 5.82. The lowest BCUT2D eigenvalue weighted by Crippen LogP contribution is -2.23. The van der Waals surface area contributed by atoms with Crippen molar-refractivity contribution in [2.75, 3.05) is 0 Å². The van der Waals surface area contributed by atoms with Crippen LogP contribution in [0, 0.1) is 6.92 Å². The van der Waals surface area contributed by atoms with Gasteiger partial charge >= 0.3 is 0 Å². The summed E-state index contributed by atoms with van der Waals surface area (Å²) < 4.78 is 7.55. The van der Waals surface area contributed by atoms with Crippen molar-refractivity contribution in [3.05, 3.63) is 47.6 Å². The van der Waals surface area contributed by atoms with Gasteiger partial charge in [0.2, 0.25) is 5.89 Å². The molecular weight excluding hydrogens is 304 g/mol. The molecule has 0 aliphatic heterocycles. The highest BCUT2D eigenvalue weighted by molar-refractivity contribution is 5.95. The van der Waals surface area contributed by atoms with E-state index < -0.39 is 0 Å². The summed E-state index contributed by atoms with van der Waals surface area (Å²) in [4.78, 5) is 16.8. The van der Waals surface area contributed by atoms with Gasteiger partial charge in [-0.3, -0.25) is 9.48 Å². The maximum Gasteiger partial charge on any atom is 0.255 e. The summed E-state index contributed by atoms with van der Waals surface area (Å²) in [6, 6.07) is 7.86. The molecule has 6 nitrogen and oxygen atoms in total. The number of benzene rings is 1. The first-order valence-corrected chi connectivity index (χ1v) is 8.30. The van der Waals surface area contributed by atoms with Crippen molar-refractivity contribution in [3.63, 3.8) is 0 Å². The third-order valence-electron chi connectivity index (χ3n) is 4.32. The summed E-state index contributed by atoms with van der Waals surface area (Å²) >= 11 is 0. The molecule has 0 spiro atoms. The number of amides is 1. The molecule has 0 unspecified atom stereocenters. The monoisotopic (exact) mass is 326 g/mol. The topological polar surface area (TPSA) is 73.0 Å². The average molecular weight is 326 g/mol. The minimum atomic E-state index is -0.160. The van der Waals surface area contributed by atoms with E-state index in [4.69, 9.17) is 4.42 Å². The van der Waals surface area contributed by atoms with Gasteiger partial charge in [-0.1, -0.05) is 26.0 Å². The highest BCUT2D eigenvalue weighted by Gasteiger charge is 2.18. The van der Waals surface area contributed by atoms with Crippen LogP contribution in [-0.2, 0) is 6.54 Å². The highest BCUT2D eigenvalue weighted by Crippen LogP contribution is 2.19. The van der Waals surface area contributed by atoms with Crippen molar-refractivity contribution < 1.29 is 9.21 Å². The van der Waals surface area contributed by atoms with E-state index in [0.717, 1.165) is 29.6 Å². The molecule has 0 bridgehead atoms. The summed E-state index contributed by atoms with van der Waals surface area (Å²) in [5, 5.41) is 7.24. The van der Waals surface area contributed by atoms with Crippen molar-refractivity contribution in [3.8, 4) is 0 Å². The van der Waals surface area contributed by atoms with Gasteiger partial charge in [0.05, 0.1) is 24.3 Å². The van der Waals surface area contributed by atoms with Gasteiger partial charge in [0.15, 0.2) is 5.58 Å². The third kappa shape index (κ3) is 3.04. The fourth-order valence-corrected chi connectivity index (χ4v) is 2.90. The molecule has 0 aliphatic rings. The van der Waals surface area contributed by atoms with Gasteiger partial charge in [0.1, 0.15) is 5.52 Å². The van der Waals surface area contributed by atoms with E-state index in [1.54, 1.807) is 6.20 Å². The summed E-state index contributed by atoms with van der Waals surface area (Å²) in [6.45, 7) is 6.44. The molecule has 0 saturated heterocycles. The quantitative estimate of drug-likeness (QED) is 0.751. The Morgan fingerprint density at radius 1 is 1.29 bits per heavy atom. The van der Waals surface area contributed by atoms with Gasteiger partial charge in [-0.05, 0) is 31.9 Å². The molecule has 3 aromatic rings. The molecule has 1 N–H and O–H groups in total. The zero-order valence-electron chi connectivity index (χ0n) is 14.2. The number of fused-ring (bicyclic) bond motifs is 1. The van der Waals surface area contributed by atoms with Gasteiger partial charge in [-0.2, -0.15) is 5.10 Å². The van der Waals surface area contributed by atoms with Gasteiger partial charge in [-0.15, -0.1) is 0 Å². The number of hydrogen-bond donors (Lipinski definition) is 1. The summed E-state index contributed by atoms with van der Waals surface area (Å²) in [6.07, 6.45) is 3.61. The molecule has 24 heavy (non-hydrogen) atoms. The van der Waals surface area contributed by atoms with E-state index in [2.05, 4.69) is 29.2 Å². The van der Waals surface area contributed by atoms with Crippen LogP contribution in [0.4, 0.5) is 0 Å². The van der Waals surface area contributed by atoms with Crippen molar-refractivity contribution in [1.29, 1.82) is 0 Å². The number of aromatic nitrogens is 3. The Labute approximate surface area is 140 Å². The van der Waals surface area contributed by atoms with Crippen molar-refractivity contribution in [2.45, 2.75) is 46.2 Å². The Balaban J connectivity index is 1.71. The zero-order chi connectivity index (χ0) is 17.1. The Kier molecular flexibility index (Phi) is 4.64. The van der Waals surface area contributed by atoms with Crippen LogP contribution in [0.1, 0.15) is 54.7 Å². The number of nitrogens with one attached hydrogen (secondary N) is 1. The Bertz CT molecular complexity index is 813. The number of carbonyl (C=O) groups excluding carboxylic acids is 1. The van der Waals surface area contributed by atoms with Crippen LogP contribution >= 0.6 is 0 Å². The Morgan fingerprint density at radius 2 is 2.04 bits per heavy atom. The molecule has 0 fully saturated rings. The van der Waals surface area contributed by atoms with E-state index in [1.807, 2.05) is 35.9 Å². The maximum atomic E-state index is 12.4. The SMILES string of the molecule is CCC(CC)n1ncc(C(=O)NCc2nc3ccccc3o2)c1C. The van der Waals surface area contributed by atoms with E-state index in [9.17, 15) is 4.79 Å². The molecule has 126 valence electrons. The normalized spacial score (nSPS) is 11.3. The van der Waals surface area contributed by atoms with Crippen LogP contribution in [0.25, 0.3) is 11.1 Å². The summed E-state index contributed by atoms with van der Waals surface area (Å²) in [7, 11) is 0. The molecule has 2 heterocycles. The predicted molar refractivity (Wildman–Crippen MR) is 91.8 cm³/mol. The van der Waals surface area contributed by atoms with Crippen molar-refractivity contribution in [1.82, 2.24) is 20.1 Å². The fraction of sp³-hybridized carbons (Fsp3) is 0.389. The number of oxazole rings is 1. The Morgan fingerprint density at radius 3 is 2.75 bits per heavy atom. The largest absolute Gasteiger partial charge is 0.439 e. The second-order valence-electron chi connectivity index (χ2n) is 5.82. The molecule has 1 amide bonds. The fourth-order valence-electron chi connectivity index (χ4n) is 2.90. The standard InChI is InChI=1S/C18H22N4O2/c1-4-13(5-2)22-12(3)14(10-20-22)18(23)19-11-17-21-15-8-6-7-9-16(15)24-17/h6-10,13H,4-5,11H2,1-3H3,(H,19,23). The number of carbonyl (C=O) groups is 1. The van der Waals surface area contributed by atoms with Gasteiger partial charge in [0.25, 0.3) is 5.91 Å². The van der Waals surface area contributed by atoms with E-state index in [0.29, 0.717) is 17.5 Å². The van der Waals surface area contributed by atoms with Crippen LogP contribution in [0.15, 0.2) is 34.9 Å². The second kappa shape index (κ2) is 6.86. The first-order chi connectivity index (χ1) is 11.6. The third-order valence-corrected chi connectivity index (χ3v) is 4.32. The van der Waals surface area contributed by atoms with Crippen LogP contribution in [0.3, 0.4) is 0 Å². The summed E-state index contributed by atoms with van der Waals surface area (Å²) in [5.74, 6) is 0.335. The van der Waals surface area contributed by atoms with Crippen molar-refractivity contribution >= 4 is 17.0 Å². The zero-order valence-corrected chi connectivity index (χ0v) is 14.2.